The Balaban J connectivity index is 1.80. The van der Waals surface area contributed by atoms with Crippen molar-refractivity contribution in [3.63, 3.8) is 0 Å². The molecule has 38 heavy (non-hydrogen) atoms. The smallest absolute Gasteiger partial charge is 0.337 e. The van der Waals surface area contributed by atoms with Gasteiger partial charge < -0.3 is 20.1 Å². The number of dihydropyridines is 1. The quantitative estimate of drug-likeness (QED) is 0.298. The van der Waals surface area contributed by atoms with E-state index in [1.165, 1.54) is 19.2 Å². The van der Waals surface area contributed by atoms with Gasteiger partial charge in [-0.1, -0.05) is 49.4 Å². The van der Waals surface area contributed by atoms with Gasteiger partial charge >= 0.3 is 11.9 Å². The maximum atomic E-state index is 14.1. The highest BCUT2D eigenvalue weighted by molar-refractivity contribution is 6.00. The Morgan fingerprint density at radius 2 is 1.76 bits per heavy atom. The van der Waals surface area contributed by atoms with Crippen molar-refractivity contribution in [3.05, 3.63) is 98.4 Å². The minimum absolute atomic E-state index is 0.0475. The number of carbonyl (C=O) groups excluding carboxylic acids is 2. The van der Waals surface area contributed by atoms with Crippen LogP contribution in [0.15, 0.2) is 77.1 Å². The number of nitrogens with one attached hydrogen (secondary N) is 2. The molecule has 0 aromatic heterocycles. The van der Waals surface area contributed by atoms with Crippen LogP contribution in [-0.2, 0) is 19.1 Å². The Bertz CT molecular complexity index is 1290. The van der Waals surface area contributed by atoms with Crippen molar-refractivity contribution in [3.8, 4) is 0 Å². The fourth-order valence-electron chi connectivity index (χ4n) is 5.78. The van der Waals surface area contributed by atoms with Crippen molar-refractivity contribution < 1.29 is 24.0 Å². The fraction of sp³-hybridized carbons (Fsp3) is 0.379. The van der Waals surface area contributed by atoms with Gasteiger partial charge in [0, 0.05) is 42.4 Å². The number of rotatable bonds is 8. The van der Waals surface area contributed by atoms with E-state index in [1.807, 2.05) is 30.3 Å². The molecule has 4 rings (SSSR count). The van der Waals surface area contributed by atoms with Gasteiger partial charge in [0.1, 0.15) is 5.60 Å². The minimum atomic E-state index is -0.903. The lowest BCUT2D eigenvalue weighted by molar-refractivity contribution is -0.384. The summed E-state index contributed by atoms with van der Waals surface area (Å²) in [6, 6.07) is 16.0. The van der Waals surface area contributed by atoms with Gasteiger partial charge in [0.05, 0.1) is 29.1 Å². The van der Waals surface area contributed by atoms with Gasteiger partial charge in [0.15, 0.2) is 0 Å². The molecule has 200 valence electrons. The molecule has 0 saturated carbocycles. The third-order valence-electron chi connectivity index (χ3n) is 7.49. The molecule has 2 heterocycles. The van der Waals surface area contributed by atoms with E-state index in [-0.39, 0.29) is 22.8 Å². The molecule has 3 unspecified atom stereocenters. The average Bonchev–Trinajstić information content (AvgIpc) is 3.37. The molecule has 0 bridgehead atoms. The van der Waals surface area contributed by atoms with Crippen molar-refractivity contribution >= 4 is 17.6 Å². The zero-order chi connectivity index (χ0) is 27.4. The van der Waals surface area contributed by atoms with Crippen LogP contribution in [-0.4, -0.2) is 42.7 Å². The van der Waals surface area contributed by atoms with E-state index in [0.29, 0.717) is 36.5 Å². The second kappa shape index (κ2) is 11.2. The third-order valence-corrected chi connectivity index (χ3v) is 7.49. The maximum Gasteiger partial charge on any atom is 0.337 e. The fourth-order valence-corrected chi connectivity index (χ4v) is 5.78. The lowest BCUT2D eigenvalue weighted by Gasteiger charge is -2.38. The molecule has 2 N–H and O–H groups in total. The number of nitrogens with zero attached hydrogens (tertiary/aromatic N) is 1. The summed E-state index contributed by atoms with van der Waals surface area (Å²) < 4.78 is 11.5. The minimum Gasteiger partial charge on any atom is -0.466 e. The van der Waals surface area contributed by atoms with Gasteiger partial charge in [-0.3, -0.25) is 10.1 Å². The van der Waals surface area contributed by atoms with Crippen molar-refractivity contribution in [2.75, 3.05) is 20.2 Å². The van der Waals surface area contributed by atoms with Crippen molar-refractivity contribution in [1.29, 1.82) is 0 Å². The SMILES string of the molecule is CCC(c1ccccc1)C1(OC(=O)C2=C(C)NC(C)=C(C(=O)OC)C2c2cccc([N+](=O)[O-])c2)CCNC1. The molecule has 1 saturated heterocycles. The number of carbonyl (C=O) groups is 2. The third kappa shape index (κ3) is 5.06. The number of methoxy groups -OCH3 is 1. The van der Waals surface area contributed by atoms with E-state index < -0.39 is 28.4 Å². The predicted molar refractivity (Wildman–Crippen MR) is 142 cm³/mol. The number of allylic oxidation sites excluding steroid dienone is 2. The van der Waals surface area contributed by atoms with Crippen LogP contribution in [0.25, 0.3) is 0 Å². The van der Waals surface area contributed by atoms with Crippen LogP contribution in [0.5, 0.6) is 0 Å². The van der Waals surface area contributed by atoms with Crippen LogP contribution in [0, 0.1) is 10.1 Å². The number of ether oxygens (including phenoxy) is 2. The van der Waals surface area contributed by atoms with Crippen LogP contribution in [0.2, 0.25) is 0 Å². The molecule has 2 aliphatic rings. The highest BCUT2D eigenvalue weighted by Gasteiger charge is 2.47. The van der Waals surface area contributed by atoms with Gasteiger partial charge in [-0.15, -0.1) is 0 Å². The van der Waals surface area contributed by atoms with Gasteiger partial charge in [-0.25, -0.2) is 9.59 Å². The number of non-ortho nitro benzene ring substituents is 1. The zero-order valence-electron chi connectivity index (χ0n) is 22.1. The van der Waals surface area contributed by atoms with Crippen molar-refractivity contribution in [2.45, 2.75) is 51.0 Å². The molecule has 9 heteroatoms. The molecule has 2 aromatic carbocycles. The van der Waals surface area contributed by atoms with E-state index in [9.17, 15) is 19.7 Å². The second-order valence-corrected chi connectivity index (χ2v) is 9.73. The molecule has 3 atom stereocenters. The molecular weight excluding hydrogens is 486 g/mol. The highest BCUT2D eigenvalue weighted by Crippen LogP contribution is 2.44. The van der Waals surface area contributed by atoms with Gasteiger partial charge in [-0.2, -0.15) is 0 Å². The monoisotopic (exact) mass is 519 g/mol. The molecule has 0 amide bonds. The summed E-state index contributed by atoms with van der Waals surface area (Å²) >= 11 is 0. The molecular formula is C29H33N3O6. The second-order valence-electron chi connectivity index (χ2n) is 9.73. The predicted octanol–water partition coefficient (Wildman–Crippen LogP) is 4.47. The standard InChI is InChI=1S/C29H33N3O6/c1-5-23(20-10-7-6-8-11-20)29(14-15-30-17-29)38-28(34)25-19(3)31-18(2)24(27(33)37-4)26(25)21-12-9-13-22(16-21)32(35)36/h6-13,16,23,26,30-31H,5,14-15,17H2,1-4H3. The normalized spacial score (nSPS) is 22.1. The molecule has 2 aliphatic heterocycles. The molecule has 9 nitrogen and oxygen atoms in total. The first-order chi connectivity index (χ1) is 18.2. The number of esters is 2. The summed E-state index contributed by atoms with van der Waals surface area (Å²) in [5.41, 5.74) is 2.04. The summed E-state index contributed by atoms with van der Waals surface area (Å²) in [6.45, 7) is 6.73. The van der Waals surface area contributed by atoms with E-state index in [4.69, 9.17) is 9.47 Å². The summed E-state index contributed by atoms with van der Waals surface area (Å²) in [4.78, 5) is 38.1. The maximum absolute atomic E-state index is 14.1. The first-order valence-corrected chi connectivity index (χ1v) is 12.7. The molecule has 0 spiro atoms. The van der Waals surface area contributed by atoms with Crippen LogP contribution in [0.4, 0.5) is 5.69 Å². The zero-order valence-corrected chi connectivity index (χ0v) is 22.1. The Morgan fingerprint density at radius 3 is 2.34 bits per heavy atom. The lowest BCUT2D eigenvalue weighted by atomic mass is 9.78. The van der Waals surface area contributed by atoms with Crippen LogP contribution >= 0.6 is 0 Å². The largest absolute Gasteiger partial charge is 0.466 e. The number of hydrogen-bond acceptors (Lipinski definition) is 8. The Labute approximate surface area is 222 Å². The van der Waals surface area contributed by atoms with Gasteiger partial charge in [0.2, 0.25) is 0 Å². The molecule has 1 fully saturated rings. The number of nitro groups is 1. The summed E-state index contributed by atoms with van der Waals surface area (Å²) in [7, 11) is 1.27. The van der Waals surface area contributed by atoms with Gasteiger partial charge in [0.25, 0.3) is 5.69 Å². The molecule has 0 radical (unpaired) electrons. The number of nitro benzene ring substituents is 1. The van der Waals surface area contributed by atoms with Crippen LogP contribution in [0.3, 0.4) is 0 Å². The Kier molecular flexibility index (Phi) is 7.97. The Hall–Kier alpha value is -3.98. The summed E-state index contributed by atoms with van der Waals surface area (Å²) in [5, 5.41) is 18.0. The topological polar surface area (TPSA) is 120 Å². The van der Waals surface area contributed by atoms with Crippen LogP contribution in [0.1, 0.15) is 56.6 Å². The van der Waals surface area contributed by atoms with Crippen molar-refractivity contribution in [1.82, 2.24) is 10.6 Å². The van der Waals surface area contributed by atoms with E-state index >= 15 is 0 Å². The number of benzene rings is 2. The van der Waals surface area contributed by atoms with Crippen molar-refractivity contribution in [2.24, 2.45) is 0 Å². The van der Waals surface area contributed by atoms with E-state index in [0.717, 1.165) is 12.0 Å². The molecule has 0 aliphatic carbocycles. The first kappa shape index (κ1) is 27.1. The van der Waals surface area contributed by atoms with E-state index in [1.54, 1.807) is 26.0 Å². The highest BCUT2D eigenvalue weighted by atomic mass is 16.6. The van der Waals surface area contributed by atoms with Crippen LogP contribution < -0.4 is 10.6 Å². The number of hydrogen-bond donors (Lipinski definition) is 2. The Morgan fingerprint density at radius 1 is 1.08 bits per heavy atom. The molecule has 2 aromatic rings. The first-order valence-electron chi connectivity index (χ1n) is 12.7. The van der Waals surface area contributed by atoms with E-state index in [2.05, 4.69) is 17.6 Å². The summed E-state index contributed by atoms with van der Waals surface area (Å²) in [6.07, 6.45) is 1.39. The average molecular weight is 520 g/mol. The van der Waals surface area contributed by atoms with Gasteiger partial charge in [-0.05, 0) is 37.9 Å². The lowest BCUT2D eigenvalue weighted by Crippen LogP contribution is -2.45. The summed E-state index contributed by atoms with van der Waals surface area (Å²) in [5.74, 6) is -2.15.